The Balaban J connectivity index is 2.37. The summed E-state index contributed by atoms with van der Waals surface area (Å²) in [5.74, 6) is 0.193. The fourth-order valence-corrected chi connectivity index (χ4v) is 2.80. The lowest BCUT2D eigenvalue weighted by Crippen LogP contribution is -2.47. The second-order valence-electron chi connectivity index (χ2n) is 5.47. The number of nitrogens with zero attached hydrogens (tertiary/aromatic N) is 1. The van der Waals surface area contributed by atoms with Crippen molar-refractivity contribution in [3.8, 4) is 0 Å². The van der Waals surface area contributed by atoms with E-state index in [1.165, 1.54) is 0 Å². The van der Waals surface area contributed by atoms with E-state index in [1.54, 1.807) is 0 Å². The van der Waals surface area contributed by atoms with Crippen LogP contribution in [0, 0.1) is 6.92 Å². The minimum absolute atomic E-state index is 0.0499. The third-order valence-electron chi connectivity index (χ3n) is 3.25. The summed E-state index contributed by atoms with van der Waals surface area (Å²) in [6.07, 6.45) is 0.554. The van der Waals surface area contributed by atoms with Gasteiger partial charge in [-0.05, 0) is 44.5 Å². The summed E-state index contributed by atoms with van der Waals surface area (Å²) in [4.78, 5) is 14.1. The van der Waals surface area contributed by atoms with Crippen molar-refractivity contribution in [1.29, 1.82) is 0 Å². The molecule has 2 rings (SSSR count). The van der Waals surface area contributed by atoms with E-state index in [1.807, 2.05) is 30.0 Å². The highest BCUT2D eigenvalue weighted by atomic mass is 79.9. The van der Waals surface area contributed by atoms with Crippen molar-refractivity contribution in [3.05, 3.63) is 28.2 Å². The lowest BCUT2D eigenvalue weighted by molar-refractivity contribution is -0.118. The number of hydrogen-bond acceptors (Lipinski definition) is 2. The Bertz CT molecular complexity index is 471. The Labute approximate surface area is 117 Å². The summed E-state index contributed by atoms with van der Waals surface area (Å²) in [5.41, 5.74) is 2.08. The zero-order valence-corrected chi connectivity index (χ0v) is 12.7. The van der Waals surface area contributed by atoms with Crippen molar-refractivity contribution in [2.45, 2.75) is 32.7 Å². The molecule has 0 unspecified atom stereocenters. The Morgan fingerprint density at radius 2 is 2.11 bits per heavy atom. The second kappa shape index (κ2) is 5.02. The quantitative estimate of drug-likeness (QED) is 0.865. The Morgan fingerprint density at radius 3 is 2.78 bits per heavy atom. The number of carbonyl (C=O) groups excluding carboxylic acids is 1. The molecule has 0 atom stereocenters. The SMILES string of the molecule is Cc1cc(Br)ccc1N1CC(C)(C)NCCC1=O. The molecule has 1 aromatic carbocycles. The number of rotatable bonds is 1. The van der Waals surface area contributed by atoms with Crippen LogP contribution in [-0.2, 0) is 4.79 Å². The van der Waals surface area contributed by atoms with Crippen LogP contribution in [0.2, 0.25) is 0 Å². The zero-order valence-electron chi connectivity index (χ0n) is 11.1. The number of aryl methyl sites for hydroxylation is 1. The molecule has 0 saturated carbocycles. The van der Waals surface area contributed by atoms with E-state index < -0.39 is 0 Å². The van der Waals surface area contributed by atoms with E-state index in [9.17, 15) is 4.79 Å². The second-order valence-corrected chi connectivity index (χ2v) is 6.39. The van der Waals surface area contributed by atoms with E-state index in [-0.39, 0.29) is 11.4 Å². The van der Waals surface area contributed by atoms with Crippen molar-refractivity contribution in [1.82, 2.24) is 5.32 Å². The van der Waals surface area contributed by atoms with Crippen molar-refractivity contribution < 1.29 is 4.79 Å². The number of hydrogen-bond donors (Lipinski definition) is 1. The molecule has 1 N–H and O–H groups in total. The van der Waals surface area contributed by atoms with Gasteiger partial charge in [-0.15, -0.1) is 0 Å². The fraction of sp³-hybridized carbons (Fsp3) is 0.500. The molecule has 1 aliphatic rings. The van der Waals surface area contributed by atoms with Crippen LogP contribution in [-0.4, -0.2) is 24.5 Å². The molecule has 1 saturated heterocycles. The highest BCUT2D eigenvalue weighted by molar-refractivity contribution is 9.10. The summed E-state index contributed by atoms with van der Waals surface area (Å²) >= 11 is 3.46. The molecule has 1 aromatic rings. The van der Waals surface area contributed by atoms with Gasteiger partial charge in [0.15, 0.2) is 0 Å². The van der Waals surface area contributed by atoms with Crippen LogP contribution in [0.3, 0.4) is 0 Å². The van der Waals surface area contributed by atoms with Crippen LogP contribution in [0.25, 0.3) is 0 Å². The molecule has 0 aliphatic carbocycles. The maximum absolute atomic E-state index is 12.2. The van der Waals surface area contributed by atoms with Crippen molar-refractivity contribution in [3.63, 3.8) is 0 Å². The van der Waals surface area contributed by atoms with Crippen LogP contribution in [0.15, 0.2) is 22.7 Å². The zero-order chi connectivity index (χ0) is 13.3. The van der Waals surface area contributed by atoms with Gasteiger partial charge in [0.25, 0.3) is 0 Å². The molecule has 1 heterocycles. The lowest BCUT2D eigenvalue weighted by Gasteiger charge is -2.31. The molecule has 98 valence electrons. The smallest absolute Gasteiger partial charge is 0.228 e. The lowest BCUT2D eigenvalue weighted by atomic mass is 10.0. The molecule has 0 aromatic heterocycles. The molecule has 18 heavy (non-hydrogen) atoms. The first kappa shape index (κ1) is 13.6. The molecular weight excluding hydrogens is 292 g/mol. The molecule has 1 amide bonds. The third kappa shape index (κ3) is 2.93. The summed E-state index contributed by atoms with van der Waals surface area (Å²) in [7, 11) is 0. The minimum atomic E-state index is -0.0499. The van der Waals surface area contributed by atoms with Gasteiger partial charge in [0.1, 0.15) is 0 Å². The Morgan fingerprint density at radius 1 is 1.39 bits per heavy atom. The standard InChI is InChI=1S/C14H19BrN2O/c1-10-8-11(15)4-5-12(10)17-9-14(2,3)16-7-6-13(17)18/h4-5,8,16H,6-7,9H2,1-3H3. The third-order valence-corrected chi connectivity index (χ3v) is 3.74. The van der Waals surface area contributed by atoms with Crippen molar-refractivity contribution in [2.24, 2.45) is 0 Å². The first-order valence-electron chi connectivity index (χ1n) is 6.21. The first-order chi connectivity index (χ1) is 8.39. The molecule has 1 fully saturated rings. The Kier molecular flexibility index (Phi) is 3.78. The van der Waals surface area contributed by atoms with Crippen LogP contribution in [0.5, 0.6) is 0 Å². The van der Waals surface area contributed by atoms with E-state index in [2.05, 4.69) is 35.1 Å². The van der Waals surface area contributed by atoms with E-state index in [0.29, 0.717) is 13.0 Å². The molecular formula is C14H19BrN2O. The summed E-state index contributed by atoms with van der Waals surface area (Å²) in [6, 6.07) is 6.05. The molecule has 1 aliphatic heterocycles. The van der Waals surface area contributed by atoms with E-state index in [0.717, 1.165) is 22.3 Å². The van der Waals surface area contributed by atoms with Crippen LogP contribution < -0.4 is 10.2 Å². The highest BCUT2D eigenvalue weighted by Gasteiger charge is 2.29. The molecule has 3 nitrogen and oxygen atoms in total. The molecule has 0 bridgehead atoms. The van der Waals surface area contributed by atoms with Crippen molar-refractivity contribution in [2.75, 3.05) is 18.0 Å². The number of anilines is 1. The molecule has 4 heteroatoms. The van der Waals surface area contributed by atoms with Gasteiger partial charge in [0.05, 0.1) is 0 Å². The monoisotopic (exact) mass is 310 g/mol. The van der Waals surface area contributed by atoms with Gasteiger partial charge in [0, 0.05) is 35.2 Å². The number of carbonyl (C=O) groups is 1. The first-order valence-corrected chi connectivity index (χ1v) is 7.00. The topological polar surface area (TPSA) is 32.3 Å². The normalized spacial score (nSPS) is 19.8. The summed E-state index contributed by atoms with van der Waals surface area (Å²) in [6.45, 7) is 7.75. The molecule has 0 spiro atoms. The average Bonchev–Trinajstić information content (AvgIpc) is 2.38. The fourth-order valence-electron chi connectivity index (χ4n) is 2.32. The van der Waals surface area contributed by atoms with Gasteiger partial charge in [-0.1, -0.05) is 15.9 Å². The summed E-state index contributed by atoms with van der Waals surface area (Å²) in [5, 5.41) is 3.41. The van der Waals surface area contributed by atoms with Gasteiger partial charge < -0.3 is 10.2 Å². The molecule has 0 radical (unpaired) electrons. The van der Waals surface area contributed by atoms with Gasteiger partial charge in [-0.3, -0.25) is 4.79 Å². The number of nitrogens with one attached hydrogen (secondary N) is 1. The number of halogens is 1. The maximum Gasteiger partial charge on any atom is 0.228 e. The highest BCUT2D eigenvalue weighted by Crippen LogP contribution is 2.26. The summed E-state index contributed by atoms with van der Waals surface area (Å²) < 4.78 is 1.04. The van der Waals surface area contributed by atoms with Crippen molar-refractivity contribution >= 4 is 27.5 Å². The number of amides is 1. The predicted molar refractivity (Wildman–Crippen MR) is 77.9 cm³/mol. The van der Waals surface area contributed by atoms with Crippen LogP contribution in [0.4, 0.5) is 5.69 Å². The maximum atomic E-state index is 12.2. The van der Waals surface area contributed by atoms with Gasteiger partial charge >= 0.3 is 0 Å². The largest absolute Gasteiger partial charge is 0.310 e. The van der Waals surface area contributed by atoms with E-state index >= 15 is 0 Å². The van der Waals surface area contributed by atoms with Gasteiger partial charge in [0.2, 0.25) is 5.91 Å². The predicted octanol–water partition coefficient (Wildman–Crippen LogP) is 2.86. The van der Waals surface area contributed by atoms with Gasteiger partial charge in [-0.2, -0.15) is 0 Å². The van der Waals surface area contributed by atoms with Gasteiger partial charge in [-0.25, -0.2) is 0 Å². The minimum Gasteiger partial charge on any atom is -0.310 e. The number of benzene rings is 1. The van der Waals surface area contributed by atoms with E-state index in [4.69, 9.17) is 0 Å². The average molecular weight is 311 g/mol. The van der Waals surface area contributed by atoms with Crippen LogP contribution >= 0.6 is 15.9 Å². The van der Waals surface area contributed by atoms with Crippen LogP contribution in [0.1, 0.15) is 25.8 Å². The Hall–Kier alpha value is -0.870.